The Bertz CT molecular complexity index is 600. The molecule has 3 heteroatoms. The predicted molar refractivity (Wildman–Crippen MR) is 87.3 cm³/mol. The molecule has 0 saturated carbocycles. The van der Waals surface area contributed by atoms with Crippen LogP contribution in [0.25, 0.3) is 0 Å². The molecule has 21 heavy (non-hydrogen) atoms. The van der Waals surface area contributed by atoms with Gasteiger partial charge in [-0.15, -0.1) is 0 Å². The van der Waals surface area contributed by atoms with Crippen LogP contribution in [-0.2, 0) is 0 Å². The van der Waals surface area contributed by atoms with Gasteiger partial charge in [-0.1, -0.05) is 52.4 Å². The summed E-state index contributed by atoms with van der Waals surface area (Å²) in [5.74, 6) is -0.111. The summed E-state index contributed by atoms with van der Waals surface area (Å²) >= 11 is 3.43. The summed E-state index contributed by atoms with van der Waals surface area (Å²) in [4.78, 5) is 0. The Balaban J connectivity index is 2.45. The van der Waals surface area contributed by atoms with E-state index in [1.807, 2.05) is 30.3 Å². The van der Waals surface area contributed by atoms with Gasteiger partial charge in [0, 0.05) is 10.4 Å². The van der Waals surface area contributed by atoms with Gasteiger partial charge >= 0.3 is 0 Å². The van der Waals surface area contributed by atoms with Crippen LogP contribution in [0.15, 0.2) is 53.0 Å². The highest BCUT2D eigenvalue weighted by Gasteiger charge is 2.39. The van der Waals surface area contributed by atoms with E-state index < -0.39 is 5.41 Å². The number of nitriles is 2. The van der Waals surface area contributed by atoms with Gasteiger partial charge in [0.1, 0.15) is 0 Å². The topological polar surface area (TPSA) is 47.6 Å². The smallest absolute Gasteiger partial charge is 0.154 e. The second-order valence-corrected chi connectivity index (χ2v) is 6.17. The SMILES string of the molecule is N#CC1(C#N)C/C=C/CC/C=C\CC1c1ccc(Br)cc1. The second-order valence-electron chi connectivity index (χ2n) is 5.26. The molecule has 1 aromatic carbocycles. The lowest BCUT2D eigenvalue weighted by molar-refractivity contribution is 0.414. The molecule has 2 rings (SSSR count). The minimum atomic E-state index is -1.01. The normalized spacial score (nSPS) is 24.2. The van der Waals surface area contributed by atoms with Crippen molar-refractivity contribution in [3.63, 3.8) is 0 Å². The lowest BCUT2D eigenvalue weighted by atomic mass is 9.70. The minimum Gasteiger partial charge on any atom is -0.197 e. The number of halogens is 1. The zero-order valence-electron chi connectivity index (χ0n) is 11.8. The van der Waals surface area contributed by atoms with E-state index in [4.69, 9.17) is 0 Å². The van der Waals surface area contributed by atoms with Crippen molar-refractivity contribution in [3.8, 4) is 12.1 Å². The number of nitrogens with zero attached hydrogens (tertiary/aromatic N) is 2. The first-order chi connectivity index (χ1) is 10.2. The molecule has 0 radical (unpaired) electrons. The average Bonchev–Trinajstić information content (AvgIpc) is 2.53. The van der Waals surface area contributed by atoms with Crippen LogP contribution in [0.4, 0.5) is 0 Å². The van der Waals surface area contributed by atoms with E-state index in [9.17, 15) is 10.5 Å². The Morgan fingerprint density at radius 3 is 2.19 bits per heavy atom. The molecular formula is C18H17BrN2. The number of benzene rings is 1. The fraction of sp³-hybridized carbons (Fsp3) is 0.333. The van der Waals surface area contributed by atoms with Gasteiger partial charge in [-0.3, -0.25) is 0 Å². The molecule has 0 saturated heterocycles. The number of hydrogen-bond acceptors (Lipinski definition) is 2. The van der Waals surface area contributed by atoms with E-state index in [2.05, 4.69) is 46.3 Å². The maximum atomic E-state index is 9.67. The summed E-state index contributed by atoms with van der Waals surface area (Å²) in [7, 11) is 0. The summed E-state index contributed by atoms with van der Waals surface area (Å²) in [5.41, 5.74) is 0.0337. The molecule has 1 unspecified atom stereocenters. The van der Waals surface area contributed by atoms with Crippen LogP contribution in [0.5, 0.6) is 0 Å². The van der Waals surface area contributed by atoms with Crippen LogP contribution in [-0.4, -0.2) is 0 Å². The number of hydrogen-bond donors (Lipinski definition) is 0. The van der Waals surface area contributed by atoms with E-state index in [-0.39, 0.29) is 5.92 Å². The fourth-order valence-electron chi connectivity index (χ4n) is 2.66. The first-order valence-electron chi connectivity index (χ1n) is 7.10. The Kier molecular flexibility index (Phi) is 5.37. The standard InChI is InChI=1S/C18H17BrN2/c19-16-10-8-15(9-11-16)17-7-5-3-1-2-4-6-12-18(17,13-20)14-21/h3-6,8-11,17H,1-2,7,12H2/b5-3-,6-4+. The van der Waals surface area contributed by atoms with E-state index in [1.165, 1.54) is 0 Å². The molecule has 0 fully saturated rings. The van der Waals surface area contributed by atoms with Crippen molar-refractivity contribution in [2.24, 2.45) is 5.41 Å². The van der Waals surface area contributed by atoms with Crippen molar-refractivity contribution in [1.82, 2.24) is 0 Å². The predicted octanol–water partition coefficient (Wildman–Crippen LogP) is 5.25. The van der Waals surface area contributed by atoms with Crippen molar-refractivity contribution in [1.29, 1.82) is 10.5 Å². The minimum absolute atomic E-state index is 0.111. The Hall–Kier alpha value is -1.84. The molecule has 0 aliphatic heterocycles. The molecule has 1 aliphatic carbocycles. The van der Waals surface area contributed by atoms with Crippen molar-refractivity contribution in [2.45, 2.75) is 31.6 Å². The van der Waals surface area contributed by atoms with Crippen LogP contribution in [0.1, 0.15) is 37.2 Å². The molecule has 1 aromatic rings. The monoisotopic (exact) mass is 340 g/mol. The summed E-state index contributed by atoms with van der Waals surface area (Å²) in [5, 5.41) is 19.3. The first-order valence-corrected chi connectivity index (χ1v) is 7.89. The Morgan fingerprint density at radius 1 is 0.952 bits per heavy atom. The molecule has 0 amide bonds. The molecule has 106 valence electrons. The summed E-state index contributed by atoms with van der Waals surface area (Å²) in [6, 6.07) is 12.5. The maximum absolute atomic E-state index is 9.67. The fourth-order valence-corrected chi connectivity index (χ4v) is 2.93. The van der Waals surface area contributed by atoms with Crippen molar-refractivity contribution in [3.05, 3.63) is 58.6 Å². The van der Waals surface area contributed by atoms with Crippen molar-refractivity contribution >= 4 is 15.9 Å². The van der Waals surface area contributed by atoms with Crippen LogP contribution in [0, 0.1) is 28.1 Å². The summed E-state index contributed by atoms with van der Waals surface area (Å²) < 4.78 is 1.00. The van der Waals surface area contributed by atoms with Crippen LogP contribution in [0.3, 0.4) is 0 Å². The quantitative estimate of drug-likeness (QED) is 0.655. The highest BCUT2D eigenvalue weighted by Crippen LogP contribution is 2.42. The van der Waals surface area contributed by atoms with E-state index in [0.29, 0.717) is 6.42 Å². The van der Waals surface area contributed by atoms with Gasteiger partial charge in [-0.25, -0.2) is 0 Å². The Morgan fingerprint density at radius 2 is 1.57 bits per heavy atom. The van der Waals surface area contributed by atoms with Gasteiger partial charge in [0.05, 0.1) is 12.1 Å². The van der Waals surface area contributed by atoms with Crippen molar-refractivity contribution in [2.75, 3.05) is 0 Å². The highest BCUT2D eigenvalue weighted by atomic mass is 79.9. The molecule has 2 nitrogen and oxygen atoms in total. The highest BCUT2D eigenvalue weighted by molar-refractivity contribution is 9.10. The summed E-state index contributed by atoms with van der Waals surface area (Å²) in [6.07, 6.45) is 11.5. The molecule has 0 aromatic heterocycles. The molecule has 1 aliphatic rings. The maximum Gasteiger partial charge on any atom is 0.154 e. The van der Waals surface area contributed by atoms with Crippen molar-refractivity contribution < 1.29 is 0 Å². The van der Waals surface area contributed by atoms with E-state index >= 15 is 0 Å². The Labute approximate surface area is 134 Å². The van der Waals surface area contributed by atoms with E-state index in [0.717, 1.165) is 29.3 Å². The third-order valence-electron chi connectivity index (χ3n) is 3.91. The van der Waals surface area contributed by atoms with Gasteiger partial charge in [0.2, 0.25) is 0 Å². The van der Waals surface area contributed by atoms with Crippen LogP contribution in [0.2, 0.25) is 0 Å². The molecule has 0 bridgehead atoms. The second kappa shape index (κ2) is 7.25. The first kappa shape index (κ1) is 15.5. The lowest BCUT2D eigenvalue weighted by Gasteiger charge is -2.28. The largest absolute Gasteiger partial charge is 0.197 e. The molecular weight excluding hydrogens is 324 g/mol. The number of allylic oxidation sites excluding steroid dienone is 4. The third-order valence-corrected chi connectivity index (χ3v) is 4.44. The molecule has 0 spiro atoms. The molecule has 0 heterocycles. The van der Waals surface area contributed by atoms with Crippen LogP contribution >= 0.6 is 15.9 Å². The molecule has 1 atom stereocenters. The zero-order valence-corrected chi connectivity index (χ0v) is 13.4. The average molecular weight is 341 g/mol. The van der Waals surface area contributed by atoms with Crippen LogP contribution < -0.4 is 0 Å². The third kappa shape index (κ3) is 3.63. The lowest BCUT2D eigenvalue weighted by Crippen LogP contribution is -2.25. The van der Waals surface area contributed by atoms with Gasteiger partial charge in [0.15, 0.2) is 5.41 Å². The van der Waals surface area contributed by atoms with Gasteiger partial charge in [-0.2, -0.15) is 10.5 Å². The summed E-state index contributed by atoms with van der Waals surface area (Å²) in [6.45, 7) is 0. The van der Waals surface area contributed by atoms with Gasteiger partial charge in [0.25, 0.3) is 0 Å². The molecule has 0 N–H and O–H groups in total. The zero-order chi connectivity index (χ0) is 15.1. The van der Waals surface area contributed by atoms with Gasteiger partial charge in [-0.05, 0) is 43.4 Å². The van der Waals surface area contributed by atoms with E-state index in [1.54, 1.807) is 0 Å². The number of rotatable bonds is 1. The van der Waals surface area contributed by atoms with Gasteiger partial charge < -0.3 is 0 Å².